The summed E-state index contributed by atoms with van der Waals surface area (Å²) in [5.74, 6) is 5.14. The van der Waals surface area contributed by atoms with E-state index in [1.165, 1.54) is 24.5 Å². The molecule has 0 saturated heterocycles. The molecule has 8 heteroatoms. The Morgan fingerprint density at radius 3 is 2.90 bits per heavy atom. The molecule has 2 rings (SSSR count). The van der Waals surface area contributed by atoms with Crippen LogP contribution >= 0.6 is 11.6 Å². The van der Waals surface area contributed by atoms with Gasteiger partial charge in [0.25, 0.3) is 0 Å². The van der Waals surface area contributed by atoms with Gasteiger partial charge in [0.15, 0.2) is 0 Å². The van der Waals surface area contributed by atoms with Gasteiger partial charge < -0.3 is 4.90 Å². The molecule has 0 aliphatic heterocycles. The lowest BCUT2D eigenvalue weighted by Crippen LogP contribution is -2.33. The summed E-state index contributed by atoms with van der Waals surface area (Å²) < 4.78 is 15.7. The lowest BCUT2D eigenvalue weighted by Gasteiger charge is -2.19. The van der Waals surface area contributed by atoms with Crippen LogP contribution < -0.4 is 11.3 Å². The Hall–Kier alpha value is -1.54. The number of likely N-dealkylation sites (N-methyl/N-ethyl adjacent to an activating group) is 1. The summed E-state index contributed by atoms with van der Waals surface area (Å²) in [5.41, 5.74) is 3.35. The molecule has 1 unspecified atom stereocenters. The number of nitrogens with one attached hydrogen (secondary N) is 1. The Kier molecular flexibility index (Phi) is 5.24. The molecule has 0 amide bonds. The molecular weight excluding hydrogens is 295 g/mol. The molecule has 1 atom stereocenters. The summed E-state index contributed by atoms with van der Waals surface area (Å²) in [6.07, 6.45) is 3.04. The quantitative estimate of drug-likeness (QED) is 0.619. The van der Waals surface area contributed by atoms with Crippen LogP contribution in [0.1, 0.15) is 17.4 Å². The number of halogens is 2. The summed E-state index contributed by atoms with van der Waals surface area (Å²) in [6.45, 7) is 1.38. The molecule has 0 spiro atoms. The summed E-state index contributed by atoms with van der Waals surface area (Å²) in [5, 5.41) is 4.64. The van der Waals surface area contributed by atoms with Gasteiger partial charge >= 0.3 is 0 Å². The van der Waals surface area contributed by atoms with Crippen LogP contribution in [-0.4, -0.2) is 40.3 Å². The monoisotopic (exact) mass is 312 g/mol. The highest BCUT2D eigenvalue weighted by Crippen LogP contribution is 2.27. The number of nitrogens with zero attached hydrogens (tertiary/aromatic N) is 4. The highest BCUT2D eigenvalue weighted by Gasteiger charge is 2.24. The Labute approximate surface area is 127 Å². The molecule has 3 N–H and O–H groups in total. The Morgan fingerprint density at radius 1 is 1.52 bits per heavy atom. The van der Waals surface area contributed by atoms with Crippen molar-refractivity contribution in [3.63, 3.8) is 0 Å². The van der Waals surface area contributed by atoms with E-state index in [4.69, 9.17) is 17.4 Å². The molecule has 2 heterocycles. The number of hydrazine groups is 1. The smallest absolute Gasteiger partial charge is 0.146 e. The van der Waals surface area contributed by atoms with Crippen LogP contribution in [0.15, 0.2) is 24.5 Å². The Morgan fingerprint density at radius 2 is 2.29 bits per heavy atom. The maximum absolute atomic E-state index is 14.0. The van der Waals surface area contributed by atoms with E-state index in [1.54, 1.807) is 4.68 Å². The van der Waals surface area contributed by atoms with Crippen LogP contribution in [0.3, 0.4) is 0 Å². The van der Waals surface area contributed by atoms with Crippen molar-refractivity contribution in [1.29, 1.82) is 0 Å². The normalized spacial score (nSPS) is 12.9. The van der Waals surface area contributed by atoms with Gasteiger partial charge in [0.05, 0.1) is 23.5 Å². The standard InChI is InChI=1S/C13H18ClFN6/c1-20(2)6-7-21-13(9(14)8-18-21)12(19-16)11-10(15)4-3-5-17-11/h3-5,8,12,19H,6-7,16H2,1-2H3. The van der Waals surface area contributed by atoms with E-state index in [0.29, 0.717) is 17.3 Å². The topological polar surface area (TPSA) is 72.0 Å². The molecule has 2 aromatic rings. The molecule has 6 nitrogen and oxygen atoms in total. The van der Waals surface area contributed by atoms with Crippen molar-refractivity contribution < 1.29 is 4.39 Å². The highest BCUT2D eigenvalue weighted by molar-refractivity contribution is 6.31. The van der Waals surface area contributed by atoms with Gasteiger partial charge in [-0.2, -0.15) is 5.10 Å². The first-order valence-corrected chi connectivity index (χ1v) is 6.85. The van der Waals surface area contributed by atoms with Crippen molar-refractivity contribution in [2.45, 2.75) is 12.6 Å². The summed E-state index contributed by atoms with van der Waals surface area (Å²) in [7, 11) is 3.92. The largest absolute Gasteiger partial charge is 0.308 e. The Bertz CT molecular complexity index is 600. The van der Waals surface area contributed by atoms with E-state index in [-0.39, 0.29) is 5.69 Å². The third-order valence-corrected chi connectivity index (χ3v) is 3.38. The van der Waals surface area contributed by atoms with Gasteiger partial charge in [-0.05, 0) is 26.2 Å². The first-order chi connectivity index (χ1) is 10.0. The van der Waals surface area contributed by atoms with Crippen molar-refractivity contribution >= 4 is 11.6 Å². The minimum absolute atomic E-state index is 0.188. The second kappa shape index (κ2) is 6.95. The molecular formula is C13H18ClFN6. The fourth-order valence-electron chi connectivity index (χ4n) is 2.03. The average Bonchev–Trinajstić information content (AvgIpc) is 2.81. The van der Waals surface area contributed by atoms with Gasteiger partial charge in [0, 0.05) is 12.7 Å². The zero-order valence-corrected chi connectivity index (χ0v) is 12.7. The van der Waals surface area contributed by atoms with E-state index < -0.39 is 11.9 Å². The zero-order valence-electron chi connectivity index (χ0n) is 11.9. The summed E-state index contributed by atoms with van der Waals surface area (Å²) in [4.78, 5) is 6.07. The predicted octanol–water partition coefficient (Wildman–Crippen LogP) is 1.18. The summed E-state index contributed by atoms with van der Waals surface area (Å²) in [6, 6.07) is 2.20. The summed E-state index contributed by atoms with van der Waals surface area (Å²) >= 11 is 6.19. The minimum Gasteiger partial charge on any atom is -0.308 e. The molecule has 114 valence electrons. The SMILES string of the molecule is CN(C)CCn1ncc(Cl)c1C(NN)c1ncccc1F. The van der Waals surface area contributed by atoms with Crippen LogP contribution in [0.25, 0.3) is 0 Å². The van der Waals surface area contributed by atoms with Crippen molar-refractivity contribution in [3.05, 3.63) is 46.8 Å². The van der Waals surface area contributed by atoms with Crippen LogP contribution in [0.4, 0.5) is 4.39 Å². The third-order valence-electron chi connectivity index (χ3n) is 3.09. The van der Waals surface area contributed by atoms with E-state index in [9.17, 15) is 4.39 Å². The van der Waals surface area contributed by atoms with E-state index in [1.807, 2.05) is 19.0 Å². The van der Waals surface area contributed by atoms with E-state index in [0.717, 1.165) is 6.54 Å². The fourth-order valence-corrected chi connectivity index (χ4v) is 2.28. The molecule has 0 aromatic carbocycles. The van der Waals surface area contributed by atoms with E-state index >= 15 is 0 Å². The number of nitrogens with two attached hydrogens (primary N) is 1. The van der Waals surface area contributed by atoms with Crippen LogP contribution in [0.2, 0.25) is 5.02 Å². The molecule has 21 heavy (non-hydrogen) atoms. The maximum atomic E-state index is 14.0. The number of aromatic nitrogens is 3. The van der Waals surface area contributed by atoms with Gasteiger partial charge in [0.2, 0.25) is 0 Å². The molecule has 0 aliphatic rings. The predicted molar refractivity (Wildman–Crippen MR) is 79.2 cm³/mol. The third kappa shape index (κ3) is 3.56. The van der Waals surface area contributed by atoms with Crippen molar-refractivity contribution in [3.8, 4) is 0 Å². The number of rotatable bonds is 6. The zero-order chi connectivity index (χ0) is 15.4. The average molecular weight is 313 g/mol. The van der Waals surface area contributed by atoms with Crippen molar-refractivity contribution in [2.24, 2.45) is 5.84 Å². The highest BCUT2D eigenvalue weighted by atomic mass is 35.5. The molecule has 0 radical (unpaired) electrons. The van der Waals surface area contributed by atoms with Crippen LogP contribution in [-0.2, 0) is 6.54 Å². The van der Waals surface area contributed by atoms with Crippen LogP contribution in [0, 0.1) is 5.82 Å². The molecule has 0 bridgehead atoms. The lowest BCUT2D eigenvalue weighted by atomic mass is 10.1. The van der Waals surface area contributed by atoms with Gasteiger partial charge in [0.1, 0.15) is 17.6 Å². The fraction of sp³-hybridized carbons (Fsp3) is 0.385. The van der Waals surface area contributed by atoms with Gasteiger partial charge in [-0.1, -0.05) is 11.6 Å². The van der Waals surface area contributed by atoms with Crippen molar-refractivity contribution in [2.75, 3.05) is 20.6 Å². The maximum Gasteiger partial charge on any atom is 0.146 e. The molecule has 0 saturated carbocycles. The number of pyridine rings is 1. The van der Waals surface area contributed by atoms with Gasteiger partial charge in [-0.15, -0.1) is 0 Å². The molecule has 0 fully saturated rings. The second-order valence-electron chi connectivity index (χ2n) is 4.87. The van der Waals surface area contributed by atoms with Gasteiger partial charge in [-0.25, -0.2) is 9.82 Å². The lowest BCUT2D eigenvalue weighted by molar-refractivity contribution is 0.364. The molecule has 0 aliphatic carbocycles. The minimum atomic E-state index is -0.664. The molecule has 2 aromatic heterocycles. The first-order valence-electron chi connectivity index (χ1n) is 6.47. The van der Waals surface area contributed by atoms with E-state index in [2.05, 4.69) is 15.5 Å². The second-order valence-corrected chi connectivity index (χ2v) is 5.28. The van der Waals surface area contributed by atoms with Crippen molar-refractivity contribution in [1.82, 2.24) is 25.1 Å². The number of hydrogen-bond donors (Lipinski definition) is 2. The van der Waals surface area contributed by atoms with Crippen LogP contribution in [0.5, 0.6) is 0 Å². The van der Waals surface area contributed by atoms with Gasteiger partial charge in [-0.3, -0.25) is 15.5 Å². The first kappa shape index (κ1) is 15.8. The number of hydrogen-bond acceptors (Lipinski definition) is 5. The Balaban J connectivity index is 2.38.